The number of carbonyl (C=O) groups excluding carboxylic acids is 2. The first-order chi connectivity index (χ1) is 10.9. The fourth-order valence-electron chi connectivity index (χ4n) is 1.50. The molecule has 0 aliphatic rings. The summed E-state index contributed by atoms with van der Waals surface area (Å²) >= 11 is 0. The molecule has 0 rings (SSSR count). The number of nitrogens with one attached hydrogen (secondary N) is 2. The molecule has 0 radical (unpaired) electrons. The maximum atomic E-state index is 11.5. The molecule has 4 N–H and O–H groups in total. The summed E-state index contributed by atoms with van der Waals surface area (Å²) in [5, 5.41) is 5.23. The highest BCUT2D eigenvalue weighted by atomic mass is 16.6. The van der Waals surface area contributed by atoms with Crippen LogP contribution in [-0.4, -0.2) is 55.7 Å². The Morgan fingerprint density at radius 1 is 0.958 bits per heavy atom. The molecule has 0 aliphatic carbocycles. The zero-order valence-electron chi connectivity index (χ0n) is 15.7. The van der Waals surface area contributed by atoms with E-state index in [2.05, 4.69) is 10.6 Å². The topological polar surface area (TPSA) is 112 Å². The number of hydrogen-bond acceptors (Lipinski definition) is 6. The number of alkyl carbamates (subject to hydrolysis) is 2. The van der Waals surface area contributed by atoms with E-state index in [-0.39, 0.29) is 12.6 Å². The highest BCUT2D eigenvalue weighted by Crippen LogP contribution is 2.06. The van der Waals surface area contributed by atoms with Crippen molar-refractivity contribution in [1.29, 1.82) is 0 Å². The van der Waals surface area contributed by atoms with E-state index >= 15 is 0 Å². The first-order valence-electron chi connectivity index (χ1n) is 8.16. The van der Waals surface area contributed by atoms with Gasteiger partial charge < -0.3 is 30.6 Å². The highest BCUT2D eigenvalue weighted by Gasteiger charge is 2.17. The number of carbonyl (C=O) groups is 2. The maximum absolute atomic E-state index is 11.5. The van der Waals surface area contributed by atoms with Gasteiger partial charge in [-0.3, -0.25) is 0 Å². The molecule has 0 unspecified atom stereocenters. The van der Waals surface area contributed by atoms with Gasteiger partial charge in [0.2, 0.25) is 0 Å². The molecule has 0 aliphatic heterocycles. The lowest BCUT2D eigenvalue weighted by molar-refractivity contribution is 0.0513. The summed E-state index contributed by atoms with van der Waals surface area (Å²) in [6, 6.07) is -0.323. The Morgan fingerprint density at radius 3 is 1.96 bits per heavy atom. The van der Waals surface area contributed by atoms with Gasteiger partial charge in [0.15, 0.2) is 0 Å². The van der Waals surface area contributed by atoms with E-state index in [4.69, 9.17) is 19.9 Å². The maximum Gasteiger partial charge on any atom is 0.407 e. The Hall–Kier alpha value is -1.54. The number of ether oxygens (including phenoxy) is 3. The molecule has 1 atom stereocenters. The van der Waals surface area contributed by atoms with E-state index in [0.29, 0.717) is 26.2 Å². The molecule has 8 nitrogen and oxygen atoms in total. The summed E-state index contributed by atoms with van der Waals surface area (Å²) in [5.74, 6) is 0. The van der Waals surface area contributed by atoms with Gasteiger partial charge in [-0.2, -0.15) is 0 Å². The molecule has 0 aromatic heterocycles. The van der Waals surface area contributed by atoms with Crippen LogP contribution in [0, 0.1) is 0 Å². The summed E-state index contributed by atoms with van der Waals surface area (Å²) in [4.78, 5) is 22.9. The van der Waals surface area contributed by atoms with E-state index in [1.807, 2.05) is 20.8 Å². The van der Waals surface area contributed by atoms with Crippen LogP contribution in [0.25, 0.3) is 0 Å². The third-order valence-electron chi connectivity index (χ3n) is 2.37. The van der Waals surface area contributed by atoms with Gasteiger partial charge in [0.25, 0.3) is 0 Å². The fourth-order valence-corrected chi connectivity index (χ4v) is 1.50. The molecule has 0 heterocycles. The molecular formula is C16H33N3O5. The summed E-state index contributed by atoms with van der Waals surface area (Å²) in [6.07, 6.45) is -0.300. The van der Waals surface area contributed by atoms with E-state index in [1.54, 1.807) is 20.8 Å². The minimum atomic E-state index is -0.536. The summed E-state index contributed by atoms with van der Waals surface area (Å²) in [7, 11) is 0. The standard InChI is InChI=1S/C16H33N3O5/c1-15(2,3)23-13(20)18-8-7-9-22-11-12(17)10-19-14(21)24-16(4,5)6/h12H,7-11,17H2,1-6H3,(H,18,20)(H,19,21)/t12-/m1/s1. The molecule has 24 heavy (non-hydrogen) atoms. The van der Waals surface area contributed by atoms with Crippen LogP contribution in [0.4, 0.5) is 9.59 Å². The van der Waals surface area contributed by atoms with Crippen molar-refractivity contribution in [1.82, 2.24) is 10.6 Å². The molecule has 2 amide bonds. The van der Waals surface area contributed by atoms with Crippen LogP contribution in [0.1, 0.15) is 48.0 Å². The second-order valence-electron chi connectivity index (χ2n) is 7.50. The van der Waals surface area contributed by atoms with Crippen LogP contribution in [0.3, 0.4) is 0 Å². The molecule has 0 saturated heterocycles. The Labute approximate surface area is 144 Å². The zero-order chi connectivity index (χ0) is 18.8. The summed E-state index contributed by atoms with van der Waals surface area (Å²) in [6.45, 7) is 12.3. The van der Waals surface area contributed by atoms with Gasteiger partial charge in [-0.1, -0.05) is 0 Å². The molecule has 0 fully saturated rings. The smallest absolute Gasteiger partial charge is 0.407 e. The molecule has 8 heteroatoms. The third-order valence-corrected chi connectivity index (χ3v) is 2.37. The van der Waals surface area contributed by atoms with E-state index in [1.165, 1.54) is 0 Å². The van der Waals surface area contributed by atoms with Crippen LogP contribution >= 0.6 is 0 Å². The number of hydrogen-bond donors (Lipinski definition) is 3. The van der Waals surface area contributed by atoms with Crippen molar-refractivity contribution in [2.75, 3.05) is 26.3 Å². The van der Waals surface area contributed by atoms with Crippen LogP contribution in [0.2, 0.25) is 0 Å². The van der Waals surface area contributed by atoms with Crippen molar-refractivity contribution in [2.24, 2.45) is 5.73 Å². The van der Waals surface area contributed by atoms with Gasteiger partial charge in [-0.25, -0.2) is 9.59 Å². The number of nitrogens with two attached hydrogens (primary N) is 1. The lowest BCUT2D eigenvalue weighted by Gasteiger charge is -2.21. The van der Waals surface area contributed by atoms with E-state index < -0.39 is 23.4 Å². The van der Waals surface area contributed by atoms with Gasteiger partial charge in [0.05, 0.1) is 6.61 Å². The van der Waals surface area contributed by atoms with Gasteiger partial charge in [-0.15, -0.1) is 0 Å². The average Bonchev–Trinajstić information content (AvgIpc) is 2.36. The Morgan fingerprint density at radius 2 is 1.46 bits per heavy atom. The third kappa shape index (κ3) is 15.4. The van der Waals surface area contributed by atoms with Crippen molar-refractivity contribution in [3.05, 3.63) is 0 Å². The second-order valence-corrected chi connectivity index (χ2v) is 7.50. The highest BCUT2D eigenvalue weighted by molar-refractivity contribution is 5.67. The average molecular weight is 347 g/mol. The van der Waals surface area contributed by atoms with E-state index in [9.17, 15) is 9.59 Å². The zero-order valence-corrected chi connectivity index (χ0v) is 15.7. The molecule has 0 bridgehead atoms. The monoisotopic (exact) mass is 347 g/mol. The van der Waals surface area contributed by atoms with Crippen LogP contribution < -0.4 is 16.4 Å². The first-order valence-corrected chi connectivity index (χ1v) is 8.16. The van der Waals surface area contributed by atoms with Gasteiger partial charge in [0.1, 0.15) is 11.2 Å². The van der Waals surface area contributed by atoms with Crippen molar-refractivity contribution in [3.8, 4) is 0 Å². The number of rotatable bonds is 8. The van der Waals surface area contributed by atoms with Crippen molar-refractivity contribution >= 4 is 12.2 Å². The van der Waals surface area contributed by atoms with Crippen LogP contribution in [-0.2, 0) is 14.2 Å². The van der Waals surface area contributed by atoms with Crippen LogP contribution in [0.5, 0.6) is 0 Å². The predicted octanol–water partition coefficient (Wildman–Crippen LogP) is 1.77. The first kappa shape index (κ1) is 22.5. The van der Waals surface area contributed by atoms with Crippen molar-refractivity contribution in [3.63, 3.8) is 0 Å². The van der Waals surface area contributed by atoms with Crippen molar-refractivity contribution in [2.45, 2.75) is 65.2 Å². The van der Waals surface area contributed by atoms with Crippen LogP contribution in [0.15, 0.2) is 0 Å². The fraction of sp³-hybridized carbons (Fsp3) is 0.875. The normalized spacial score (nSPS) is 13.1. The lowest BCUT2D eigenvalue weighted by atomic mass is 10.2. The minimum Gasteiger partial charge on any atom is -0.444 e. The van der Waals surface area contributed by atoms with E-state index in [0.717, 1.165) is 0 Å². The molecule has 0 aromatic carbocycles. The van der Waals surface area contributed by atoms with Crippen molar-refractivity contribution < 1.29 is 23.8 Å². The Kier molecular flexibility index (Phi) is 9.69. The molecule has 0 spiro atoms. The Bertz CT molecular complexity index is 388. The molecule has 0 saturated carbocycles. The predicted molar refractivity (Wildman–Crippen MR) is 91.9 cm³/mol. The number of amides is 2. The SMILES string of the molecule is CC(C)(C)OC(=O)NCCCOC[C@H](N)CNC(=O)OC(C)(C)C. The molecule has 142 valence electrons. The van der Waals surface area contributed by atoms with Gasteiger partial charge >= 0.3 is 12.2 Å². The minimum absolute atomic E-state index is 0.269. The summed E-state index contributed by atoms with van der Waals surface area (Å²) < 4.78 is 15.6. The Balaban J connectivity index is 3.61. The quantitative estimate of drug-likeness (QED) is 0.577. The molecular weight excluding hydrogens is 314 g/mol. The second kappa shape index (κ2) is 10.4. The summed E-state index contributed by atoms with van der Waals surface area (Å²) in [5.41, 5.74) is 4.79. The van der Waals surface area contributed by atoms with Gasteiger partial charge in [-0.05, 0) is 48.0 Å². The van der Waals surface area contributed by atoms with Gasteiger partial charge in [0, 0.05) is 25.7 Å². The lowest BCUT2D eigenvalue weighted by Crippen LogP contribution is -2.42. The largest absolute Gasteiger partial charge is 0.444 e. The molecule has 0 aromatic rings.